The number of hydrogen-bond donors (Lipinski definition) is 0. The van der Waals surface area contributed by atoms with E-state index in [1.165, 1.54) is 22.3 Å². The van der Waals surface area contributed by atoms with Gasteiger partial charge in [0.15, 0.2) is 0 Å². The standard InChI is InChI=1S/C45H29N5S/c1-3-13-30(14-4-1)32-22-24-38-34(27-32)35-28-33(31-15-5-2-6-16-31)23-25-39(35)49(38)44-29-37(36-17-11-12-26-46-36)47-45(48-44)50-40-18-7-9-20-42(40)51-43-21-10-8-19-41(43)50/h1-29H. The molecule has 51 heavy (non-hydrogen) atoms. The van der Waals surface area contributed by atoms with E-state index in [0.717, 1.165) is 60.2 Å². The second-order valence-electron chi connectivity index (χ2n) is 12.5. The number of benzene rings is 6. The first-order valence-electron chi connectivity index (χ1n) is 16.9. The van der Waals surface area contributed by atoms with Crippen molar-refractivity contribution in [2.45, 2.75) is 9.79 Å². The lowest BCUT2D eigenvalue weighted by Crippen LogP contribution is -2.18. The third-order valence-electron chi connectivity index (χ3n) is 9.47. The van der Waals surface area contributed by atoms with Crippen LogP contribution >= 0.6 is 11.8 Å². The van der Waals surface area contributed by atoms with Crippen LogP contribution in [0.3, 0.4) is 0 Å². The third-order valence-corrected chi connectivity index (χ3v) is 10.6. The van der Waals surface area contributed by atoms with Gasteiger partial charge in [-0.2, -0.15) is 4.98 Å². The Morgan fingerprint density at radius 3 is 1.55 bits per heavy atom. The number of hydrogen-bond acceptors (Lipinski definition) is 5. The van der Waals surface area contributed by atoms with Crippen LogP contribution in [0, 0.1) is 0 Å². The van der Waals surface area contributed by atoms with Crippen LogP contribution in [-0.4, -0.2) is 19.5 Å². The Kier molecular flexibility index (Phi) is 6.99. The van der Waals surface area contributed by atoms with Gasteiger partial charge in [-0.05, 0) is 82.9 Å². The summed E-state index contributed by atoms with van der Waals surface area (Å²) < 4.78 is 2.28. The van der Waals surface area contributed by atoms with E-state index in [9.17, 15) is 0 Å². The molecular formula is C45H29N5S. The van der Waals surface area contributed by atoms with Gasteiger partial charge in [-0.25, -0.2) is 4.98 Å². The van der Waals surface area contributed by atoms with Crippen molar-refractivity contribution in [1.29, 1.82) is 0 Å². The average molecular weight is 672 g/mol. The zero-order chi connectivity index (χ0) is 33.7. The molecule has 0 amide bonds. The minimum Gasteiger partial charge on any atom is -0.294 e. The minimum atomic E-state index is 0.588. The summed E-state index contributed by atoms with van der Waals surface area (Å²) in [4.78, 5) is 19.9. The van der Waals surface area contributed by atoms with Crippen LogP contribution in [0.4, 0.5) is 17.3 Å². The molecule has 0 atom stereocenters. The molecular weight excluding hydrogens is 643 g/mol. The normalized spacial score (nSPS) is 12.2. The van der Waals surface area contributed by atoms with Crippen LogP contribution in [0.5, 0.6) is 0 Å². The van der Waals surface area contributed by atoms with E-state index in [4.69, 9.17) is 15.0 Å². The summed E-state index contributed by atoms with van der Waals surface area (Å²) in [5, 5.41) is 2.32. The van der Waals surface area contributed by atoms with Gasteiger partial charge in [-0.3, -0.25) is 14.5 Å². The van der Waals surface area contributed by atoms with E-state index in [0.29, 0.717) is 5.95 Å². The molecule has 240 valence electrons. The Morgan fingerprint density at radius 2 is 0.980 bits per heavy atom. The molecule has 0 radical (unpaired) electrons. The Morgan fingerprint density at radius 1 is 0.431 bits per heavy atom. The van der Waals surface area contributed by atoms with Gasteiger partial charge in [0.25, 0.3) is 0 Å². The number of aromatic nitrogens is 4. The van der Waals surface area contributed by atoms with Gasteiger partial charge in [0, 0.05) is 32.8 Å². The van der Waals surface area contributed by atoms with Gasteiger partial charge in [-0.15, -0.1) is 0 Å². The van der Waals surface area contributed by atoms with Crippen molar-refractivity contribution in [3.8, 4) is 39.5 Å². The Labute approximate surface area is 299 Å². The fraction of sp³-hybridized carbons (Fsp3) is 0. The van der Waals surface area contributed by atoms with Crippen molar-refractivity contribution in [1.82, 2.24) is 19.5 Å². The van der Waals surface area contributed by atoms with E-state index in [2.05, 4.69) is 161 Å². The second-order valence-corrected chi connectivity index (χ2v) is 13.6. The molecule has 1 aliphatic rings. The average Bonchev–Trinajstić information content (AvgIpc) is 3.54. The molecule has 6 aromatic carbocycles. The molecule has 0 fully saturated rings. The molecule has 3 aromatic heterocycles. The SMILES string of the molecule is c1ccc(-c2ccc3c(c2)c2cc(-c4ccccc4)ccc2n3-c2cc(-c3ccccn3)nc(N3c4ccccc4Sc4ccccc43)n2)cc1. The first kappa shape index (κ1) is 29.4. The lowest BCUT2D eigenvalue weighted by atomic mass is 10.0. The molecule has 1 aliphatic heterocycles. The predicted octanol–water partition coefficient (Wildman–Crippen LogP) is 11.9. The summed E-state index contributed by atoms with van der Waals surface area (Å²) in [6.45, 7) is 0. The smallest absolute Gasteiger partial charge is 0.237 e. The third kappa shape index (κ3) is 5.07. The molecule has 0 N–H and O–H groups in total. The molecule has 0 unspecified atom stereocenters. The minimum absolute atomic E-state index is 0.588. The fourth-order valence-corrected chi connectivity index (χ4v) is 8.15. The monoisotopic (exact) mass is 671 g/mol. The fourth-order valence-electron chi connectivity index (χ4n) is 7.09. The van der Waals surface area contributed by atoms with Crippen molar-refractivity contribution in [2.24, 2.45) is 0 Å². The van der Waals surface area contributed by atoms with Crippen molar-refractivity contribution < 1.29 is 0 Å². The van der Waals surface area contributed by atoms with E-state index in [1.807, 2.05) is 24.4 Å². The van der Waals surface area contributed by atoms with Crippen LogP contribution in [-0.2, 0) is 0 Å². The molecule has 5 nitrogen and oxygen atoms in total. The summed E-state index contributed by atoms with van der Waals surface area (Å²) in [5.74, 6) is 1.36. The highest BCUT2D eigenvalue weighted by atomic mass is 32.2. The summed E-state index contributed by atoms with van der Waals surface area (Å²) >= 11 is 1.77. The number of nitrogens with zero attached hydrogens (tertiary/aromatic N) is 5. The maximum Gasteiger partial charge on any atom is 0.237 e. The predicted molar refractivity (Wildman–Crippen MR) is 209 cm³/mol. The number of rotatable bonds is 5. The second kappa shape index (κ2) is 12.1. The molecule has 0 saturated carbocycles. The number of anilines is 3. The first-order valence-corrected chi connectivity index (χ1v) is 17.8. The summed E-state index contributed by atoms with van der Waals surface area (Å²) in [5.41, 5.74) is 10.5. The van der Waals surface area contributed by atoms with Crippen molar-refractivity contribution in [3.63, 3.8) is 0 Å². The Bertz CT molecular complexity index is 2580. The zero-order valence-electron chi connectivity index (χ0n) is 27.4. The van der Waals surface area contributed by atoms with Crippen molar-refractivity contribution >= 4 is 50.9 Å². The molecule has 6 heteroatoms. The van der Waals surface area contributed by atoms with Gasteiger partial charge in [-0.1, -0.05) is 115 Å². The highest BCUT2D eigenvalue weighted by molar-refractivity contribution is 7.99. The highest BCUT2D eigenvalue weighted by Gasteiger charge is 2.28. The molecule has 0 aliphatic carbocycles. The van der Waals surface area contributed by atoms with Crippen LogP contribution in [0.15, 0.2) is 186 Å². The number of fused-ring (bicyclic) bond motifs is 5. The quantitative estimate of drug-likeness (QED) is 0.182. The maximum atomic E-state index is 5.42. The van der Waals surface area contributed by atoms with Crippen LogP contribution in [0.25, 0.3) is 61.3 Å². The van der Waals surface area contributed by atoms with Gasteiger partial charge in [0.05, 0.1) is 33.8 Å². The van der Waals surface area contributed by atoms with Gasteiger partial charge >= 0.3 is 0 Å². The Balaban J connectivity index is 1.26. The van der Waals surface area contributed by atoms with E-state index in [-0.39, 0.29) is 0 Å². The molecule has 0 bridgehead atoms. The van der Waals surface area contributed by atoms with Gasteiger partial charge < -0.3 is 0 Å². The number of para-hydroxylation sites is 2. The molecule has 9 aromatic rings. The first-order chi connectivity index (χ1) is 25.3. The van der Waals surface area contributed by atoms with E-state index < -0.39 is 0 Å². The van der Waals surface area contributed by atoms with Gasteiger partial charge in [0.2, 0.25) is 5.95 Å². The molecule has 0 saturated heterocycles. The highest BCUT2D eigenvalue weighted by Crippen LogP contribution is 2.50. The van der Waals surface area contributed by atoms with Crippen LogP contribution in [0.1, 0.15) is 0 Å². The number of pyridine rings is 1. The largest absolute Gasteiger partial charge is 0.294 e. The lowest BCUT2D eigenvalue weighted by Gasteiger charge is -2.31. The van der Waals surface area contributed by atoms with Crippen LogP contribution < -0.4 is 4.90 Å². The molecule has 10 rings (SSSR count). The van der Waals surface area contributed by atoms with E-state index in [1.54, 1.807) is 11.8 Å². The Hall–Kier alpha value is -6.50. The van der Waals surface area contributed by atoms with Crippen LogP contribution in [0.2, 0.25) is 0 Å². The van der Waals surface area contributed by atoms with Crippen molar-refractivity contribution in [3.05, 3.63) is 176 Å². The summed E-state index contributed by atoms with van der Waals surface area (Å²) in [6.07, 6.45) is 1.82. The van der Waals surface area contributed by atoms with E-state index >= 15 is 0 Å². The lowest BCUT2D eigenvalue weighted by molar-refractivity contribution is 0.993. The maximum absolute atomic E-state index is 5.42. The summed E-state index contributed by atoms with van der Waals surface area (Å²) in [6, 6.07) is 59.6. The molecule has 4 heterocycles. The topological polar surface area (TPSA) is 46.8 Å². The van der Waals surface area contributed by atoms with Gasteiger partial charge in [0.1, 0.15) is 5.82 Å². The van der Waals surface area contributed by atoms with Crippen molar-refractivity contribution in [2.75, 3.05) is 4.90 Å². The summed E-state index contributed by atoms with van der Waals surface area (Å²) in [7, 11) is 0. The zero-order valence-corrected chi connectivity index (χ0v) is 28.2. The molecule has 0 spiro atoms.